The normalized spacial score (nSPS) is 23.6. The molecule has 1 aromatic carbocycles. The molecule has 2 saturated heterocycles. The summed E-state index contributed by atoms with van der Waals surface area (Å²) in [6.45, 7) is 6.65. The highest BCUT2D eigenvalue weighted by atomic mass is 32.2. The van der Waals surface area contributed by atoms with E-state index in [-0.39, 0.29) is 21.8 Å². The largest absolute Gasteiger partial charge is 0.418 e. The first-order chi connectivity index (χ1) is 14.4. The van der Waals surface area contributed by atoms with Crippen LogP contribution in [-0.4, -0.2) is 43.5 Å². The van der Waals surface area contributed by atoms with Gasteiger partial charge < -0.3 is 5.32 Å². The highest BCUT2D eigenvalue weighted by molar-refractivity contribution is 7.93. The molecule has 0 bridgehead atoms. The zero-order valence-corrected chi connectivity index (χ0v) is 18.9. The van der Waals surface area contributed by atoms with Crippen LogP contribution in [0.1, 0.15) is 38.7 Å². The molecule has 11 heteroatoms. The Kier molecular flexibility index (Phi) is 5.50. The molecule has 0 unspecified atom stereocenters. The van der Waals surface area contributed by atoms with Crippen LogP contribution in [0, 0.1) is 5.41 Å². The van der Waals surface area contributed by atoms with Gasteiger partial charge in [-0.1, -0.05) is 13.8 Å². The highest BCUT2D eigenvalue weighted by Gasteiger charge is 2.51. The van der Waals surface area contributed by atoms with Crippen molar-refractivity contribution in [3.05, 3.63) is 35.3 Å². The average Bonchev–Trinajstić information content (AvgIpc) is 3.33. The molecule has 1 aromatic heterocycles. The summed E-state index contributed by atoms with van der Waals surface area (Å²) in [5.74, 6) is 0. The molecule has 2 fully saturated rings. The summed E-state index contributed by atoms with van der Waals surface area (Å²) < 4.78 is 68.7. The Morgan fingerprint density at radius 2 is 2.06 bits per heavy atom. The SMILES string of the molecule is CC1(C)CN2CCC[C@@]2(CNc2ccc(S(=O)(=O)Nc3nccs3)cc2C(F)(F)F)C1. The summed E-state index contributed by atoms with van der Waals surface area (Å²) in [7, 11) is -4.18. The smallest absolute Gasteiger partial charge is 0.383 e. The lowest BCUT2D eigenvalue weighted by molar-refractivity contribution is -0.137. The van der Waals surface area contributed by atoms with Crippen LogP contribution in [0.15, 0.2) is 34.7 Å². The second-order valence-corrected chi connectivity index (χ2v) is 11.7. The van der Waals surface area contributed by atoms with Crippen molar-refractivity contribution in [3.63, 3.8) is 0 Å². The van der Waals surface area contributed by atoms with E-state index < -0.39 is 26.7 Å². The molecule has 3 heterocycles. The van der Waals surface area contributed by atoms with E-state index in [1.165, 1.54) is 18.3 Å². The number of fused-ring (bicyclic) bond motifs is 1. The predicted molar refractivity (Wildman–Crippen MR) is 115 cm³/mol. The Bertz CT molecular complexity index is 1050. The molecular weight excluding hydrogens is 449 g/mol. The van der Waals surface area contributed by atoms with Crippen molar-refractivity contribution in [2.75, 3.05) is 29.7 Å². The van der Waals surface area contributed by atoms with Crippen LogP contribution < -0.4 is 10.0 Å². The van der Waals surface area contributed by atoms with Gasteiger partial charge in [0.05, 0.1) is 10.5 Å². The van der Waals surface area contributed by atoms with Crippen LogP contribution in [0.25, 0.3) is 0 Å². The van der Waals surface area contributed by atoms with Crippen LogP contribution in [0.4, 0.5) is 24.0 Å². The number of hydrogen-bond donors (Lipinski definition) is 2. The van der Waals surface area contributed by atoms with Gasteiger partial charge in [0.1, 0.15) is 0 Å². The van der Waals surface area contributed by atoms with Crippen molar-refractivity contribution >= 4 is 32.2 Å². The molecular formula is C20H25F3N4O2S2. The molecule has 170 valence electrons. The first kappa shape index (κ1) is 22.3. The zero-order chi connectivity index (χ0) is 22.5. The lowest BCUT2D eigenvalue weighted by Gasteiger charge is -2.33. The van der Waals surface area contributed by atoms with Gasteiger partial charge in [0.25, 0.3) is 10.0 Å². The number of alkyl halides is 3. The molecule has 0 saturated carbocycles. The number of sulfonamides is 1. The maximum atomic E-state index is 13.8. The first-order valence-electron chi connectivity index (χ1n) is 10.0. The molecule has 0 aliphatic carbocycles. The number of anilines is 2. The zero-order valence-electron chi connectivity index (χ0n) is 17.3. The summed E-state index contributed by atoms with van der Waals surface area (Å²) in [5.41, 5.74) is -1.14. The molecule has 0 amide bonds. The van der Waals surface area contributed by atoms with Gasteiger partial charge in [-0.05, 0) is 49.4 Å². The number of aromatic nitrogens is 1. The minimum absolute atomic E-state index is 0.0973. The van der Waals surface area contributed by atoms with Crippen molar-refractivity contribution in [3.8, 4) is 0 Å². The minimum Gasteiger partial charge on any atom is -0.383 e. The van der Waals surface area contributed by atoms with Crippen molar-refractivity contribution in [1.29, 1.82) is 0 Å². The lowest BCUT2D eigenvalue weighted by atomic mass is 9.82. The van der Waals surface area contributed by atoms with E-state index in [0.717, 1.165) is 43.7 Å². The van der Waals surface area contributed by atoms with Crippen LogP contribution in [0.5, 0.6) is 0 Å². The predicted octanol–water partition coefficient (Wildman–Crippen LogP) is 4.64. The van der Waals surface area contributed by atoms with Gasteiger partial charge in [0.2, 0.25) is 0 Å². The Balaban J connectivity index is 1.60. The molecule has 2 aliphatic heterocycles. The van der Waals surface area contributed by atoms with E-state index in [1.807, 2.05) is 0 Å². The van der Waals surface area contributed by atoms with E-state index in [4.69, 9.17) is 0 Å². The van der Waals surface area contributed by atoms with Gasteiger partial charge in [-0.3, -0.25) is 9.62 Å². The first-order valence-corrected chi connectivity index (χ1v) is 12.4. The molecule has 1 atom stereocenters. The fourth-order valence-electron chi connectivity index (χ4n) is 4.95. The third-order valence-corrected chi connectivity index (χ3v) is 8.19. The Labute approximate surface area is 183 Å². The van der Waals surface area contributed by atoms with Crippen molar-refractivity contribution < 1.29 is 21.6 Å². The summed E-state index contributed by atoms with van der Waals surface area (Å²) in [6.07, 6.45) is -0.402. The van der Waals surface area contributed by atoms with E-state index in [2.05, 4.69) is 33.8 Å². The van der Waals surface area contributed by atoms with Crippen molar-refractivity contribution in [2.45, 2.75) is 49.7 Å². The monoisotopic (exact) mass is 474 g/mol. The Morgan fingerprint density at radius 1 is 1.29 bits per heavy atom. The number of halogens is 3. The summed E-state index contributed by atoms with van der Waals surface area (Å²) in [6, 6.07) is 3.08. The number of hydrogen-bond acceptors (Lipinski definition) is 6. The van der Waals surface area contributed by atoms with E-state index in [1.54, 1.807) is 5.38 Å². The minimum atomic E-state index is -4.70. The molecule has 6 nitrogen and oxygen atoms in total. The molecule has 0 spiro atoms. The van der Waals surface area contributed by atoms with Gasteiger partial charge in [-0.2, -0.15) is 13.2 Å². The van der Waals surface area contributed by atoms with E-state index in [9.17, 15) is 21.6 Å². The molecule has 2 aliphatic rings. The van der Waals surface area contributed by atoms with Crippen LogP contribution in [0.3, 0.4) is 0 Å². The number of benzene rings is 1. The van der Waals surface area contributed by atoms with Gasteiger partial charge in [0.15, 0.2) is 5.13 Å². The van der Waals surface area contributed by atoms with E-state index >= 15 is 0 Å². The maximum absolute atomic E-state index is 13.8. The van der Waals surface area contributed by atoms with Crippen LogP contribution in [-0.2, 0) is 16.2 Å². The standard InChI is InChI=1S/C20H25F3N4O2S2/c1-18(2)11-19(6-3-8-27(19)13-18)12-25-16-5-4-14(10-15(16)20(21,22)23)31(28,29)26-17-24-7-9-30-17/h4-5,7,9-10,25H,3,6,8,11-13H2,1-2H3,(H,24,26)/t19-/m0/s1. The number of rotatable bonds is 6. The third kappa shape index (κ3) is 4.54. The maximum Gasteiger partial charge on any atom is 0.418 e. The van der Waals surface area contributed by atoms with Gasteiger partial charge in [-0.25, -0.2) is 13.4 Å². The summed E-state index contributed by atoms with van der Waals surface area (Å²) in [5, 5.41) is 4.67. The molecule has 2 aromatic rings. The number of nitrogens with zero attached hydrogens (tertiary/aromatic N) is 2. The fraction of sp³-hybridized carbons (Fsp3) is 0.550. The molecule has 31 heavy (non-hydrogen) atoms. The van der Waals surface area contributed by atoms with Crippen LogP contribution in [0.2, 0.25) is 0 Å². The Morgan fingerprint density at radius 3 is 2.74 bits per heavy atom. The molecule has 2 N–H and O–H groups in total. The number of nitrogens with one attached hydrogen (secondary N) is 2. The summed E-state index contributed by atoms with van der Waals surface area (Å²) in [4.78, 5) is 5.74. The third-order valence-electron chi connectivity index (χ3n) is 6.04. The topological polar surface area (TPSA) is 74.3 Å². The molecule has 4 rings (SSSR count). The average molecular weight is 475 g/mol. The lowest BCUT2D eigenvalue weighted by Crippen LogP contribution is -2.44. The van der Waals surface area contributed by atoms with Gasteiger partial charge >= 0.3 is 6.18 Å². The quantitative estimate of drug-likeness (QED) is 0.638. The Hall–Kier alpha value is -1.85. The van der Waals surface area contributed by atoms with E-state index in [0.29, 0.717) is 12.6 Å². The van der Waals surface area contributed by atoms with Gasteiger partial charge in [-0.15, -0.1) is 11.3 Å². The summed E-state index contributed by atoms with van der Waals surface area (Å²) >= 11 is 1.05. The fourth-order valence-corrected chi connectivity index (χ4v) is 6.77. The van der Waals surface area contributed by atoms with Gasteiger partial charge in [0, 0.05) is 35.9 Å². The second kappa shape index (κ2) is 7.63. The van der Waals surface area contributed by atoms with Crippen molar-refractivity contribution in [1.82, 2.24) is 9.88 Å². The number of thiazole rings is 1. The highest BCUT2D eigenvalue weighted by Crippen LogP contribution is 2.47. The second-order valence-electron chi connectivity index (χ2n) is 9.09. The van der Waals surface area contributed by atoms with Crippen LogP contribution >= 0.6 is 11.3 Å². The molecule has 0 radical (unpaired) electrons. The van der Waals surface area contributed by atoms with Crippen molar-refractivity contribution in [2.24, 2.45) is 5.41 Å².